The number of benzene rings is 2. The maximum atomic E-state index is 12.7. The van der Waals surface area contributed by atoms with Crippen LogP contribution < -0.4 is 0 Å². The Labute approximate surface area is 154 Å². The molecule has 4 nitrogen and oxygen atoms in total. The molecule has 0 radical (unpaired) electrons. The third kappa shape index (κ3) is 3.25. The number of fused-ring (bicyclic) bond motifs is 1. The van der Waals surface area contributed by atoms with Gasteiger partial charge in [-0.25, -0.2) is 0 Å². The highest BCUT2D eigenvalue weighted by atomic mass is 16.3. The Balaban J connectivity index is 1.42. The summed E-state index contributed by atoms with van der Waals surface area (Å²) in [7, 11) is 0. The van der Waals surface area contributed by atoms with Gasteiger partial charge in [-0.15, -0.1) is 0 Å². The first-order chi connectivity index (χ1) is 12.6. The van der Waals surface area contributed by atoms with Gasteiger partial charge in [0.25, 0.3) is 5.91 Å². The van der Waals surface area contributed by atoms with E-state index in [1.54, 1.807) is 0 Å². The molecule has 2 aromatic carbocycles. The monoisotopic (exact) mass is 348 g/mol. The van der Waals surface area contributed by atoms with Gasteiger partial charge in [0.15, 0.2) is 0 Å². The summed E-state index contributed by atoms with van der Waals surface area (Å²) in [6, 6.07) is 16.9. The Bertz CT molecular complexity index is 931. The number of furan rings is 1. The molecule has 134 valence electrons. The van der Waals surface area contributed by atoms with Gasteiger partial charge in [-0.2, -0.15) is 0 Å². The maximum Gasteiger partial charge on any atom is 0.257 e. The lowest BCUT2D eigenvalue weighted by Crippen LogP contribution is -2.48. The van der Waals surface area contributed by atoms with Gasteiger partial charge in [-0.3, -0.25) is 9.69 Å². The van der Waals surface area contributed by atoms with Gasteiger partial charge < -0.3 is 9.32 Å². The fourth-order valence-corrected chi connectivity index (χ4v) is 3.79. The van der Waals surface area contributed by atoms with Crippen LogP contribution in [0.3, 0.4) is 0 Å². The lowest BCUT2D eigenvalue weighted by molar-refractivity contribution is 0.0627. The van der Waals surface area contributed by atoms with Crippen molar-refractivity contribution in [3.05, 3.63) is 71.2 Å². The third-order valence-corrected chi connectivity index (χ3v) is 5.20. The summed E-state index contributed by atoms with van der Waals surface area (Å²) in [5.74, 6) is 1.59. The van der Waals surface area contributed by atoms with Crippen molar-refractivity contribution in [3.63, 3.8) is 0 Å². The first kappa shape index (κ1) is 16.9. The summed E-state index contributed by atoms with van der Waals surface area (Å²) in [4.78, 5) is 17.1. The normalized spacial score (nSPS) is 15.5. The third-order valence-electron chi connectivity index (χ3n) is 5.20. The van der Waals surface area contributed by atoms with Gasteiger partial charge in [-0.05, 0) is 36.2 Å². The van der Waals surface area contributed by atoms with Crippen molar-refractivity contribution >= 4 is 16.7 Å². The molecule has 0 atom stereocenters. The average molecular weight is 348 g/mol. The van der Waals surface area contributed by atoms with E-state index in [0.717, 1.165) is 38.5 Å². The summed E-state index contributed by atoms with van der Waals surface area (Å²) < 4.78 is 5.51. The molecule has 1 aromatic heterocycles. The summed E-state index contributed by atoms with van der Waals surface area (Å²) >= 11 is 0. The second-order valence-electron chi connectivity index (χ2n) is 7.03. The number of carbonyl (C=O) groups is 1. The van der Waals surface area contributed by atoms with Crippen LogP contribution in [0.4, 0.5) is 0 Å². The van der Waals surface area contributed by atoms with E-state index in [9.17, 15) is 4.79 Å². The lowest BCUT2D eigenvalue weighted by Gasteiger charge is -2.34. The SMILES string of the molecule is Cc1cc(C(=O)N2CCN(Cc3cccc4ccccc34)CC2)c(C)o1. The second kappa shape index (κ2) is 6.96. The molecule has 26 heavy (non-hydrogen) atoms. The van der Waals surface area contributed by atoms with Gasteiger partial charge >= 0.3 is 0 Å². The minimum atomic E-state index is 0.0872. The molecule has 1 amide bonds. The standard InChI is InChI=1S/C22H24N2O2/c1-16-14-21(17(2)26-16)22(25)24-12-10-23(11-13-24)15-19-8-5-7-18-6-3-4-9-20(18)19/h3-9,14H,10-13,15H2,1-2H3. The van der Waals surface area contributed by atoms with E-state index in [4.69, 9.17) is 4.42 Å². The first-order valence-electron chi connectivity index (χ1n) is 9.17. The Morgan fingerprint density at radius 3 is 2.46 bits per heavy atom. The van der Waals surface area contributed by atoms with Crippen LogP contribution in [0, 0.1) is 13.8 Å². The van der Waals surface area contributed by atoms with Crippen LogP contribution in [0.1, 0.15) is 27.4 Å². The van der Waals surface area contributed by atoms with Gasteiger partial charge in [0.2, 0.25) is 0 Å². The Morgan fingerprint density at radius 2 is 1.73 bits per heavy atom. The molecule has 2 heterocycles. The smallest absolute Gasteiger partial charge is 0.257 e. The number of amides is 1. The maximum absolute atomic E-state index is 12.7. The van der Waals surface area contributed by atoms with Crippen molar-refractivity contribution in [1.29, 1.82) is 0 Å². The average Bonchev–Trinajstić information content (AvgIpc) is 3.00. The van der Waals surface area contributed by atoms with Crippen molar-refractivity contribution in [1.82, 2.24) is 9.80 Å². The first-order valence-corrected chi connectivity index (χ1v) is 9.17. The van der Waals surface area contributed by atoms with Crippen LogP contribution in [-0.4, -0.2) is 41.9 Å². The van der Waals surface area contributed by atoms with Gasteiger partial charge in [-0.1, -0.05) is 42.5 Å². The molecule has 0 bridgehead atoms. The Hall–Kier alpha value is -2.59. The zero-order valence-corrected chi connectivity index (χ0v) is 15.4. The molecule has 0 saturated carbocycles. The Morgan fingerprint density at radius 1 is 1.00 bits per heavy atom. The van der Waals surface area contributed by atoms with Crippen LogP contribution >= 0.6 is 0 Å². The van der Waals surface area contributed by atoms with E-state index in [0.29, 0.717) is 11.3 Å². The number of aryl methyl sites for hydroxylation is 2. The van der Waals surface area contributed by atoms with Crippen LogP contribution in [0.2, 0.25) is 0 Å². The predicted molar refractivity (Wildman–Crippen MR) is 103 cm³/mol. The molecule has 4 heteroatoms. The lowest BCUT2D eigenvalue weighted by atomic mass is 10.0. The quantitative estimate of drug-likeness (QED) is 0.718. The van der Waals surface area contributed by atoms with E-state index < -0.39 is 0 Å². The topological polar surface area (TPSA) is 36.7 Å². The molecule has 0 aliphatic carbocycles. The number of carbonyl (C=O) groups excluding carboxylic acids is 1. The molecule has 0 N–H and O–H groups in total. The van der Waals surface area contributed by atoms with Crippen molar-refractivity contribution in [2.24, 2.45) is 0 Å². The van der Waals surface area contributed by atoms with Crippen molar-refractivity contribution in [3.8, 4) is 0 Å². The minimum Gasteiger partial charge on any atom is -0.466 e. The van der Waals surface area contributed by atoms with E-state index in [2.05, 4.69) is 47.4 Å². The number of hydrogen-bond acceptors (Lipinski definition) is 3. The van der Waals surface area contributed by atoms with Crippen LogP contribution in [0.5, 0.6) is 0 Å². The molecule has 4 rings (SSSR count). The molecule has 1 fully saturated rings. The predicted octanol–water partition coefficient (Wildman–Crippen LogP) is 4.01. The van der Waals surface area contributed by atoms with E-state index >= 15 is 0 Å². The van der Waals surface area contributed by atoms with Crippen molar-refractivity contribution in [2.45, 2.75) is 20.4 Å². The number of hydrogen-bond donors (Lipinski definition) is 0. The van der Waals surface area contributed by atoms with E-state index in [1.165, 1.54) is 16.3 Å². The summed E-state index contributed by atoms with van der Waals surface area (Å²) in [6.45, 7) is 7.96. The van der Waals surface area contributed by atoms with Crippen LogP contribution in [0.25, 0.3) is 10.8 Å². The molecule has 1 aliphatic heterocycles. The largest absolute Gasteiger partial charge is 0.466 e. The molecule has 0 unspecified atom stereocenters. The fourth-order valence-electron chi connectivity index (χ4n) is 3.79. The molecular weight excluding hydrogens is 324 g/mol. The van der Waals surface area contributed by atoms with Crippen LogP contribution in [-0.2, 0) is 6.54 Å². The van der Waals surface area contributed by atoms with Crippen molar-refractivity contribution < 1.29 is 9.21 Å². The number of rotatable bonds is 3. The highest BCUT2D eigenvalue weighted by Crippen LogP contribution is 2.21. The number of nitrogens with zero attached hydrogens (tertiary/aromatic N) is 2. The zero-order chi connectivity index (χ0) is 18.1. The van der Waals surface area contributed by atoms with E-state index in [-0.39, 0.29) is 5.91 Å². The second-order valence-corrected chi connectivity index (χ2v) is 7.03. The summed E-state index contributed by atoms with van der Waals surface area (Å²) in [5, 5.41) is 2.60. The zero-order valence-electron chi connectivity index (χ0n) is 15.4. The van der Waals surface area contributed by atoms with Gasteiger partial charge in [0.1, 0.15) is 11.5 Å². The summed E-state index contributed by atoms with van der Waals surface area (Å²) in [6.07, 6.45) is 0. The highest BCUT2D eigenvalue weighted by Gasteiger charge is 2.24. The Kier molecular flexibility index (Phi) is 4.51. The molecular formula is C22H24N2O2. The molecule has 1 saturated heterocycles. The number of piperazine rings is 1. The van der Waals surface area contributed by atoms with E-state index in [1.807, 2.05) is 24.8 Å². The highest BCUT2D eigenvalue weighted by molar-refractivity contribution is 5.95. The fraction of sp³-hybridized carbons (Fsp3) is 0.318. The van der Waals surface area contributed by atoms with Gasteiger partial charge in [0, 0.05) is 32.7 Å². The van der Waals surface area contributed by atoms with Crippen molar-refractivity contribution in [2.75, 3.05) is 26.2 Å². The van der Waals surface area contributed by atoms with Gasteiger partial charge in [0.05, 0.1) is 5.56 Å². The van der Waals surface area contributed by atoms with Crippen LogP contribution in [0.15, 0.2) is 52.9 Å². The molecule has 3 aromatic rings. The summed E-state index contributed by atoms with van der Waals surface area (Å²) in [5.41, 5.74) is 2.05. The molecule has 0 spiro atoms. The molecule has 1 aliphatic rings. The minimum absolute atomic E-state index is 0.0872.